The van der Waals surface area contributed by atoms with Crippen LogP contribution in [0.1, 0.15) is 26.7 Å². The van der Waals surface area contributed by atoms with Crippen LogP contribution in [0, 0.1) is 0 Å². The van der Waals surface area contributed by atoms with Gasteiger partial charge in [0.15, 0.2) is 0 Å². The van der Waals surface area contributed by atoms with Crippen molar-refractivity contribution in [2.75, 3.05) is 79.3 Å². The van der Waals surface area contributed by atoms with Crippen molar-refractivity contribution >= 4 is 0 Å². The molecule has 6 heteroatoms. The highest BCUT2D eigenvalue weighted by atomic mass is 16.6. The van der Waals surface area contributed by atoms with Gasteiger partial charge in [-0.2, -0.15) is 0 Å². The van der Waals surface area contributed by atoms with Crippen LogP contribution in [-0.4, -0.2) is 79.3 Å². The summed E-state index contributed by atoms with van der Waals surface area (Å²) in [6.45, 7) is 11.8. The van der Waals surface area contributed by atoms with Crippen molar-refractivity contribution in [3.63, 3.8) is 0 Å². The minimum atomic E-state index is 0.579. The maximum Gasteiger partial charge on any atom is 0.0701 e. The third-order valence-corrected chi connectivity index (χ3v) is 2.56. The van der Waals surface area contributed by atoms with E-state index in [2.05, 4.69) is 13.8 Å². The first-order valence-electron chi connectivity index (χ1n) is 8.38. The van der Waals surface area contributed by atoms with E-state index in [0.717, 1.165) is 26.1 Å². The highest BCUT2D eigenvalue weighted by molar-refractivity contribution is 4.36. The van der Waals surface area contributed by atoms with Gasteiger partial charge in [0, 0.05) is 13.2 Å². The number of rotatable bonds is 19. The molecule has 0 saturated heterocycles. The Kier molecular flexibility index (Phi) is 20.5. The van der Waals surface area contributed by atoms with Gasteiger partial charge in [-0.1, -0.05) is 13.8 Å². The van der Waals surface area contributed by atoms with Crippen LogP contribution in [0.25, 0.3) is 0 Å². The molecule has 0 aromatic heterocycles. The second-order valence-corrected chi connectivity index (χ2v) is 4.67. The van der Waals surface area contributed by atoms with Crippen molar-refractivity contribution in [2.24, 2.45) is 0 Å². The fourth-order valence-electron chi connectivity index (χ4n) is 1.49. The van der Waals surface area contributed by atoms with Gasteiger partial charge < -0.3 is 28.4 Å². The first-order valence-corrected chi connectivity index (χ1v) is 8.38. The lowest BCUT2D eigenvalue weighted by molar-refractivity contribution is -0.0166. The SMILES string of the molecule is CCCOCCOCCOCCOCCOCCOCCC. The third-order valence-electron chi connectivity index (χ3n) is 2.56. The van der Waals surface area contributed by atoms with Crippen LogP contribution in [0.15, 0.2) is 0 Å². The molecule has 0 aliphatic rings. The van der Waals surface area contributed by atoms with Crippen molar-refractivity contribution < 1.29 is 28.4 Å². The van der Waals surface area contributed by atoms with E-state index < -0.39 is 0 Å². The van der Waals surface area contributed by atoms with Crippen LogP contribution in [-0.2, 0) is 28.4 Å². The fraction of sp³-hybridized carbons (Fsp3) is 1.00. The largest absolute Gasteiger partial charge is 0.379 e. The van der Waals surface area contributed by atoms with Crippen LogP contribution >= 0.6 is 0 Å². The summed E-state index contributed by atoms with van der Waals surface area (Å²) < 4.78 is 32.1. The molecule has 0 radical (unpaired) electrons. The lowest BCUT2D eigenvalue weighted by atomic mass is 10.5. The van der Waals surface area contributed by atoms with Gasteiger partial charge in [-0.15, -0.1) is 0 Å². The summed E-state index contributed by atoms with van der Waals surface area (Å²) in [4.78, 5) is 0. The van der Waals surface area contributed by atoms with Gasteiger partial charge in [0.25, 0.3) is 0 Å². The molecular weight excluding hydrogens is 288 g/mol. The lowest BCUT2D eigenvalue weighted by Gasteiger charge is -2.08. The smallest absolute Gasteiger partial charge is 0.0701 e. The molecule has 0 aliphatic heterocycles. The Bertz CT molecular complexity index is 171. The first-order chi connectivity index (χ1) is 10.9. The Morgan fingerprint density at radius 2 is 0.500 bits per heavy atom. The molecule has 0 heterocycles. The van der Waals surface area contributed by atoms with E-state index in [9.17, 15) is 0 Å². The zero-order chi connectivity index (χ0) is 16.1. The molecule has 0 unspecified atom stereocenters. The highest BCUT2D eigenvalue weighted by Crippen LogP contribution is 1.85. The van der Waals surface area contributed by atoms with Crippen LogP contribution < -0.4 is 0 Å². The molecular formula is C16H34O6. The van der Waals surface area contributed by atoms with Crippen molar-refractivity contribution in [1.29, 1.82) is 0 Å². The predicted molar refractivity (Wildman–Crippen MR) is 85.5 cm³/mol. The predicted octanol–water partition coefficient (Wildman–Crippen LogP) is 1.91. The molecule has 0 atom stereocenters. The van der Waals surface area contributed by atoms with Gasteiger partial charge in [-0.05, 0) is 12.8 Å². The average molecular weight is 322 g/mol. The third kappa shape index (κ3) is 19.8. The molecule has 0 rings (SSSR count). The number of hydrogen-bond donors (Lipinski definition) is 0. The summed E-state index contributed by atoms with van der Waals surface area (Å²) in [5.74, 6) is 0. The molecule has 0 aromatic carbocycles. The summed E-state index contributed by atoms with van der Waals surface area (Å²) in [5.41, 5.74) is 0. The summed E-state index contributed by atoms with van der Waals surface area (Å²) in [6.07, 6.45) is 2.08. The number of hydrogen-bond acceptors (Lipinski definition) is 6. The molecule has 0 N–H and O–H groups in total. The quantitative estimate of drug-likeness (QED) is 0.339. The topological polar surface area (TPSA) is 55.4 Å². The van der Waals surface area contributed by atoms with Crippen LogP contribution in [0.5, 0.6) is 0 Å². The fourth-order valence-corrected chi connectivity index (χ4v) is 1.49. The Balaban J connectivity index is 2.91. The van der Waals surface area contributed by atoms with Crippen LogP contribution in [0.3, 0.4) is 0 Å². The van der Waals surface area contributed by atoms with Crippen molar-refractivity contribution in [2.45, 2.75) is 26.7 Å². The molecule has 6 nitrogen and oxygen atoms in total. The Morgan fingerprint density at radius 3 is 0.682 bits per heavy atom. The number of ether oxygens (including phenoxy) is 6. The van der Waals surface area contributed by atoms with Gasteiger partial charge in [0.2, 0.25) is 0 Å². The van der Waals surface area contributed by atoms with Gasteiger partial charge in [-0.3, -0.25) is 0 Å². The minimum Gasteiger partial charge on any atom is -0.379 e. The molecule has 0 amide bonds. The average Bonchev–Trinajstić information content (AvgIpc) is 2.54. The van der Waals surface area contributed by atoms with E-state index in [4.69, 9.17) is 28.4 Å². The summed E-state index contributed by atoms with van der Waals surface area (Å²) in [7, 11) is 0. The minimum absolute atomic E-state index is 0.579. The summed E-state index contributed by atoms with van der Waals surface area (Å²) in [6, 6.07) is 0. The molecule has 0 bridgehead atoms. The normalized spacial score (nSPS) is 11.2. The second-order valence-electron chi connectivity index (χ2n) is 4.67. The molecule has 0 saturated carbocycles. The van der Waals surface area contributed by atoms with Crippen molar-refractivity contribution in [3.8, 4) is 0 Å². The molecule has 0 aliphatic carbocycles. The van der Waals surface area contributed by atoms with Crippen LogP contribution in [0.2, 0.25) is 0 Å². The Labute approximate surface area is 135 Å². The second kappa shape index (κ2) is 20.8. The van der Waals surface area contributed by atoms with E-state index in [1.54, 1.807) is 0 Å². The van der Waals surface area contributed by atoms with Gasteiger partial charge in [0.05, 0.1) is 66.1 Å². The first kappa shape index (κ1) is 21.8. The molecule has 0 fully saturated rings. The van der Waals surface area contributed by atoms with E-state index in [1.807, 2.05) is 0 Å². The summed E-state index contributed by atoms with van der Waals surface area (Å²) in [5, 5.41) is 0. The van der Waals surface area contributed by atoms with E-state index in [1.165, 1.54) is 0 Å². The lowest BCUT2D eigenvalue weighted by Crippen LogP contribution is -2.14. The maximum atomic E-state index is 5.38. The Hall–Kier alpha value is -0.240. The summed E-state index contributed by atoms with van der Waals surface area (Å²) >= 11 is 0. The van der Waals surface area contributed by atoms with Crippen molar-refractivity contribution in [3.05, 3.63) is 0 Å². The van der Waals surface area contributed by atoms with Gasteiger partial charge in [-0.25, -0.2) is 0 Å². The molecule has 0 aromatic rings. The van der Waals surface area contributed by atoms with Gasteiger partial charge >= 0.3 is 0 Å². The monoisotopic (exact) mass is 322 g/mol. The van der Waals surface area contributed by atoms with E-state index in [0.29, 0.717) is 66.1 Å². The maximum absolute atomic E-state index is 5.38. The van der Waals surface area contributed by atoms with Gasteiger partial charge in [0.1, 0.15) is 0 Å². The van der Waals surface area contributed by atoms with Crippen molar-refractivity contribution in [1.82, 2.24) is 0 Å². The van der Waals surface area contributed by atoms with Crippen LogP contribution in [0.4, 0.5) is 0 Å². The molecule has 22 heavy (non-hydrogen) atoms. The highest BCUT2D eigenvalue weighted by Gasteiger charge is 1.93. The standard InChI is InChI=1S/C16H34O6/c1-3-5-17-7-9-19-11-13-21-15-16-22-14-12-20-10-8-18-6-4-2/h3-16H2,1-2H3. The molecule has 134 valence electrons. The zero-order valence-electron chi connectivity index (χ0n) is 14.3. The van der Waals surface area contributed by atoms with E-state index >= 15 is 0 Å². The Morgan fingerprint density at radius 1 is 0.318 bits per heavy atom. The molecule has 0 spiro atoms. The van der Waals surface area contributed by atoms with E-state index in [-0.39, 0.29) is 0 Å². The zero-order valence-corrected chi connectivity index (χ0v) is 14.3.